The monoisotopic (exact) mass is 435 g/mol. The zero-order chi connectivity index (χ0) is 21.9. The fraction of sp³-hybridized carbons (Fsp3) is 0.316. The molecule has 10 nitrogen and oxygen atoms in total. The maximum atomic E-state index is 12.4. The first-order valence-electron chi connectivity index (χ1n) is 9.12. The molecule has 0 spiro atoms. The standard InChI is InChI=1S/C19H21N3O7S/c1-22-11-13(10-14(22)19(20)25)30(26,27)21-18(24)6-4-15(23)12-3-5-16-17(9-12)29-8-2-7-28-16/h3,5,9-11H,2,4,6-8H2,1H3,(H2,20,25)(H,21,24). The van der Waals surface area contributed by atoms with E-state index in [0.717, 1.165) is 12.5 Å². The van der Waals surface area contributed by atoms with Crippen molar-refractivity contribution in [3.63, 3.8) is 0 Å². The van der Waals surface area contributed by atoms with Crippen molar-refractivity contribution >= 4 is 27.6 Å². The van der Waals surface area contributed by atoms with Crippen LogP contribution in [0.4, 0.5) is 0 Å². The normalized spacial score (nSPS) is 13.4. The Morgan fingerprint density at radius 1 is 1.10 bits per heavy atom. The maximum absolute atomic E-state index is 12.4. The maximum Gasteiger partial charge on any atom is 0.265 e. The topological polar surface area (TPSA) is 147 Å². The molecule has 0 saturated heterocycles. The number of hydrogen-bond acceptors (Lipinski definition) is 7. The predicted molar refractivity (Wildman–Crippen MR) is 105 cm³/mol. The van der Waals surface area contributed by atoms with Gasteiger partial charge in [0.1, 0.15) is 10.6 Å². The number of carbonyl (C=O) groups is 3. The van der Waals surface area contributed by atoms with E-state index in [9.17, 15) is 22.8 Å². The van der Waals surface area contributed by atoms with Crippen LogP contribution in [0.3, 0.4) is 0 Å². The van der Waals surface area contributed by atoms with Crippen LogP contribution in [0.2, 0.25) is 0 Å². The molecule has 11 heteroatoms. The van der Waals surface area contributed by atoms with Gasteiger partial charge in [0, 0.05) is 38.1 Å². The minimum atomic E-state index is -4.20. The van der Waals surface area contributed by atoms with Crippen LogP contribution in [-0.2, 0) is 21.9 Å². The predicted octanol–water partition coefficient (Wildman–Crippen LogP) is 0.753. The summed E-state index contributed by atoms with van der Waals surface area (Å²) in [5, 5.41) is 0. The average molecular weight is 435 g/mol. The van der Waals surface area contributed by atoms with Crippen LogP contribution in [-0.4, -0.2) is 43.8 Å². The van der Waals surface area contributed by atoms with Crippen molar-refractivity contribution in [2.24, 2.45) is 12.8 Å². The Labute approximate surface area is 173 Å². The van der Waals surface area contributed by atoms with Crippen LogP contribution in [0, 0.1) is 0 Å². The molecule has 1 aliphatic heterocycles. The van der Waals surface area contributed by atoms with Gasteiger partial charge in [-0.1, -0.05) is 0 Å². The summed E-state index contributed by atoms with van der Waals surface area (Å²) < 4.78 is 38.8. The summed E-state index contributed by atoms with van der Waals surface area (Å²) in [6.07, 6.45) is 1.37. The van der Waals surface area contributed by atoms with Crippen molar-refractivity contribution in [2.75, 3.05) is 13.2 Å². The van der Waals surface area contributed by atoms with Crippen LogP contribution < -0.4 is 19.9 Å². The molecule has 1 aromatic carbocycles. The van der Waals surface area contributed by atoms with E-state index in [-0.39, 0.29) is 29.2 Å². The summed E-state index contributed by atoms with van der Waals surface area (Å²) in [7, 11) is -2.75. The molecule has 1 aliphatic rings. The van der Waals surface area contributed by atoms with E-state index >= 15 is 0 Å². The highest BCUT2D eigenvalue weighted by atomic mass is 32.2. The van der Waals surface area contributed by atoms with Gasteiger partial charge in [0.05, 0.1) is 13.2 Å². The third-order valence-corrected chi connectivity index (χ3v) is 5.78. The molecule has 0 radical (unpaired) electrons. The van der Waals surface area contributed by atoms with E-state index in [1.54, 1.807) is 18.2 Å². The zero-order valence-corrected chi connectivity index (χ0v) is 17.0. The Morgan fingerprint density at radius 2 is 1.80 bits per heavy atom. The number of amides is 2. The number of nitrogens with two attached hydrogens (primary N) is 1. The molecular weight excluding hydrogens is 414 g/mol. The van der Waals surface area contributed by atoms with Crippen LogP contribution in [0.15, 0.2) is 35.4 Å². The molecule has 3 N–H and O–H groups in total. The Hall–Kier alpha value is -3.34. The van der Waals surface area contributed by atoms with Crippen molar-refractivity contribution in [1.82, 2.24) is 9.29 Å². The number of rotatable bonds is 7. The van der Waals surface area contributed by atoms with Gasteiger partial charge >= 0.3 is 0 Å². The summed E-state index contributed by atoms with van der Waals surface area (Å²) in [6.45, 7) is 0.999. The zero-order valence-electron chi connectivity index (χ0n) is 16.2. The number of carbonyl (C=O) groups excluding carboxylic acids is 3. The number of nitrogens with one attached hydrogen (secondary N) is 1. The lowest BCUT2D eigenvalue weighted by Gasteiger charge is -2.09. The number of aromatic nitrogens is 1. The molecule has 0 saturated carbocycles. The van der Waals surface area contributed by atoms with Crippen molar-refractivity contribution in [3.05, 3.63) is 41.7 Å². The van der Waals surface area contributed by atoms with Gasteiger partial charge in [-0.3, -0.25) is 14.4 Å². The molecule has 0 aliphatic carbocycles. The minimum Gasteiger partial charge on any atom is -0.490 e. The van der Waals surface area contributed by atoms with Crippen LogP contribution in [0.25, 0.3) is 0 Å². The number of ketones is 1. The largest absolute Gasteiger partial charge is 0.490 e. The van der Waals surface area contributed by atoms with E-state index in [1.165, 1.54) is 17.8 Å². The summed E-state index contributed by atoms with van der Waals surface area (Å²) >= 11 is 0. The second-order valence-corrected chi connectivity index (χ2v) is 8.38. The van der Waals surface area contributed by atoms with E-state index in [2.05, 4.69) is 0 Å². The van der Waals surface area contributed by atoms with Crippen molar-refractivity contribution in [2.45, 2.75) is 24.2 Å². The summed E-state index contributed by atoms with van der Waals surface area (Å²) in [4.78, 5) is 35.5. The Kier molecular flexibility index (Phi) is 6.11. The minimum absolute atomic E-state index is 0.0209. The number of hydrogen-bond donors (Lipinski definition) is 2. The van der Waals surface area contributed by atoms with Crippen molar-refractivity contribution in [3.8, 4) is 11.5 Å². The Morgan fingerprint density at radius 3 is 2.47 bits per heavy atom. The number of sulfonamides is 1. The molecular formula is C19H21N3O7S. The van der Waals surface area contributed by atoms with Crippen LogP contribution in [0.1, 0.15) is 40.1 Å². The highest BCUT2D eigenvalue weighted by Crippen LogP contribution is 2.30. The molecule has 0 unspecified atom stereocenters. The van der Waals surface area contributed by atoms with E-state index in [0.29, 0.717) is 30.3 Å². The van der Waals surface area contributed by atoms with Crippen molar-refractivity contribution in [1.29, 1.82) is 0 Å². The molecule has 2 heterocycles. The number of fused-ring (bicyclic) bond motifs is 1. The number of Topliss-reactive ketones (excluding diaryl/α,β-unsaturated/α-hetero) is 1. The number of aryl methyl sites for hydroxylation is 1. The molecule has 160 valence electrons. The van der Waals surface area contributed by atoms with Gasteiger partial charge in [0.2, 0.25) is 5.91 Å². The number of primary amides is 1. The smallest absolute Gasteiger partial charge is 0.265 e. The third kappa shape index (κ3) is 4.79. The highest BCUT2D eigenvalue weighted by Gasteiger charge is 2.22. The number of nitrogens with zero attached hydrogens (tertiary/aromatic N) is 1. The molecule has 0 bridgehead atoms. The van der Waals surface area contributed by atoms with E-state index in [4.69, 9.17) is 15.2 Å². The Bertz CT molecular complexity index is 1110. The molecule has 3 rings (SSSR count). The summed E-state index contributed by atoms with van der Waals surface area (Å²) in [6, 6.07) is 5.82. The van der Waals surface area contributed by atoms with E-state index in [1.807, 2.05) is 4.72 Å². The SMILES string of the molecule is Cn1cc(S(=O)(=O)NC(=O)CCC(=O)c2ccc3c(c2)OCCCO3)cc1C(N)=O. The summed E-state index contributed by atoms with van der Waals surface area (Å²) in [5.74, 6) is -0.979. The Balaban J connectivity index is 1.61. The van der Waals surface area contributed by atoms with Gasteiger partial charge in [-0.15, -0.1) is 0 Å². The fourth-order valence-corrected chi connectivity index (χ4v) is 3.98. The van der Waals surface area contributed by atoms with Crippen LogP contribution >= 0.6 is 0 Å². The number of benzene rings is 1. The van der Waals surface area contributed by atoms with E-state index < -0.39 is 21.8 Å². The average Bonchev–Trinajstić information content (AvgIpc) is 2.94. The third-order valence-electron chi connectivity index (χ3n) is 4.44. The van der Waals surface area contributed by atoms with Gasteiger partial charge in [-0.2, -0.15) is 0 Å². The van der Waals surface area contributed by atoms with Crippen molar-refractivity contribution < 1.29 is 32.3 Å². The first-order valence-corrected chi connectivity index (χ1v) is 10.6. The fourth-order valence-electron chi connectivity index (χ4n) is 2.89. The molecule has 2 amide bonds. The highest BCUT2D eigenvalue weighted by molar-refractivity contribution is 7.90. The summed E-state index contributed by atoms with van der Waals surface area (Å²) in [5.41, 5.74) is 5.48. The lowest BCUT2D eigenvalue weighted by molar-refractivity contribution is -0.119. The van der Waals surface area contributed by atoms with Gasteiger partial charge < -0.3 is 19.8 Å². The lowest BCUT2D eigenvalue weighted by Crippen LogP contribution is -2.30. The molecule has 1 aromatic heterocycles. The first-order chi connectivity index (χ1) is 14.2. The molecule has 0 atom stereocenters. The molecule has 2 aromatic rings. The van der Waals surface area contributed by atoms with Gasteiger partial charge in [0.25, 0.3) is 15.9 Å². The molecule has 30 heavy (non-hydrogen) atoms. The second-order valence-electron chi connectivity index (χ2n) is 6.70. The second kappa shape index (κ2) is 8.57. The lowest BCUT2D eigenvalue weighted by atomic mass is 10.1. The van der Waals surface area contributed by atoms with Gasteiger partial charge in [-0.05, 0) is 24.3 Å². The van der Waals surface area contributed by atoms with Crippen LogP contribution in [0.5, 0.6) is 11.5 Å². The molecule has 0 fully saturated rings. The first kappa shape index (κ1) is 21.4. The van der Waals surface area contributed by atoms with Gasteiger partial charge in [0.15, 0.2) is 17.3 Å². The number of ether oxygens (including phenoxy) is 2. The quantitative estimate of drug-likeness (QED) is 0.610. The van der Waals surface area contributed by atoms with Gasteiger partial charge in [-0.25, -0.2) is 13.1 Å².